The van der Waals surface area contributed by atoms with Crippen LogP contribution in [0.4, 0.5) is 18.9 Å². The third-order valence-electron chi connectivity index (χ3n) is 3.79. The lowest BCUT2D eigenvalue weighted by Crippen LogP contribution is -2.39. The first-order valence-electron chi connectivity index (χ1n) is 8.07. The van der Waals surface area contributed by atoms with Crippen LogP contribution in [0.25, 0.3) is 0 Å². The summed E-state index contributed by atoms with van der Waals surface area (Å²) < 4.78 is 38.3. The van der Waals surface area contributed by atoms with Crippen molar-refractivity contribution in [2.24, 2.45) is 10.8 Å². The van der Waals surface area contributed by atoms with E-state index in [1.54, 1.807) is 5.01 Å². The Hall–Kier alpha value is -2.84. The predicted octanol–water partition coefficient (Wildman–Crippen LogP) is 3.69. The second-order valence-corrected chi connectivity index (χ2v) is 7.29. The van der Waals surface area contributed by atoms with Gasteiger partial charge in [0.05, 0.1) is 23.6 Å². The molecule has 2 aliphatic rings. The number of carboxylic acids is 1. The van der Waals surface area contributed by atoms with Crippen LogP contribution in [0.2, 0.25) is 0 Å². The standard InChI is InChI=1S/C16H15BrN4O.C2HF3O2/c1-16(2)7-10-11(8-18)15(19)21(20-13(10)9-22-16)14-6-4-3-5-12(14)17;3-2(4,5)1(6)7/h3-7H,9,19H2,1-2H3;(H,6,7). The van der Waals surface area contributed by atoms with Gasteiger partial charge in [0, 0.05) is 10.0 Å². The molecule has 154 valence electrons. The lowest BCUT2D eigenvalue weighted by atomic mass is 9.92. The van der Waals surface area contributed by atoms with E-state index in [1.165, 1.54) is 0 Å². The lowest BCUT2D eigenvalue weighted by molar-refractivity contribution is -0.192. The van der Waals surface area contributed by atoms with Crippen molar-refractivity contribution in [3.05, 3.63) is 51.8 Å². The fourth-order valence-electron chi connectivity index (χ4n) is 2.45. The molecule has 0 saturated heterocycles. The number of nitrogens with zero attached hydrogens (tertiary/aromatic N) is 3. The number of hydrogen-bond acceptors (Lipinski definition) is 6. The Kier molecular flexibility index (Phi) is 6.40. The summed E-state index contributed by atoms with van der Waals surface area (Å²) in [5.74, 6) is -2.44. The van der Waals surface area contributed by atoms with Crippen LogP contribution in [-0.2, 0) is 9.53 Å². The highest BCUT2D eigenvalue weighted by atomic mass is 79.9. The summed E-state index contributed by atoms with van der Waals surface area (Å²) in [7, 11) is 0. The molecule has 0 aromatic heterocycles. The number of para-hydroxylation sites is 1. The van der Waals surface area contributed by atoms with Crippen LogP contribution < -0.4 is 10.7 Å². The molecule has 0 spiro atoms. The molecule has 0 amide bonds. The van der Waals surface area contributed by atoms with Gasteiger partial charge in [0.25, 0.3) is 0 Å². The zero-order valence-electron chi connectivity index (χ0n) is 15.3. The third kappa shape index (κ3) is 5.16. The Morgan fingerprint density at radius 2 is 2.00 bits per heavy atom. The van der Waals surface area contributed by atoms with Crippen molar-refractivity contribution in [3.8, 4) is 6.07 Å². The first kappa shape index (κ1) is 22.4. The summed E-state index contributed by atoms with van der Waals surface area (Å²) in [5, 5.41) is 22.8. The number of allylic oxidation sites excluding steroid dienone is 1. The average Bonchev–Trinajstić information content (AvgIpc) is 2.61. The Morgan fingerprint density at radius 1 is 1.41 bits per heavy atom. The first-order chi connectivity index (χ1) is 13.4. The number of aliphatic carboxylic acids is 1. The summed E-state index contributed by atoms with van der Waals surface area (Å²) in [5.41, 5.74) is 8.45. The molecule has 0 saturated carbocycles. The lowest BCUT2D eigenvalue weighted by Gasteiger charge is -2.34. The molecule has 0 atom stereocenters. The number of nitriles is 1. The van der Waals surface area contributed by atoms with Gasteiger partial charge in [-0.05, 0) is 48.0 Å². The fourth-order valence-corrected chi connectivity index (χ4v) is 2.90. The highest BCUT2D eigenvalue weighted by Gasteiger charge is 2.38. The van der Waals surface area contributed by atoms with Crippen molar-refractivity contribution in [3.63, 3.8) is 0 Å². The molecular formula is C18H16BrF3N4O3. The van der Waals surface area contributed by atoms with Crippen molar-refractivity contribution in [2.75, 3.05) is 11.6 Å². The molecule has 2 aliphatic heterocycles. The normalized spacial score (nSPS) is 17.9. The van der Waals surface area contributed by atoms with Gasteiger partial charge in [0.2, 0.25) is 0 Å². The number of alkyl halides is 3. The van der Waals surface area contributed by atoms with E-state index in [0.717, 1.165) is 15.7 Å². The van der Waals surface area contributed by atoms with Gasteiger partial charge in [-0.1, -0.05) is 12.1 Å². The van der Waals surface area contributed by atoms with Gasteiger partial charge >= 0.3 is 12.1 Å². The van der Waals surface area contributed by atoms with Crippen molar-refractivity contribution in [2.45, 2.75) is 25.6 Å². The Balaban J connectivity index is 0.000000370. The van der Waals surface area contributed by atoms with Crippen molar-refractivity contribution in [1.82, 2.24) is 0 Å². The molecule has 1 aromatic rings. The largest absolute Gasteiger partial charge is 0.490 e. The molecule has 0 fully saturated rings. The SMILES string of the molecule is CC1(C)C=C2C(=NN(c3ccccc3Br)C(N)=C2C#N)CO1.O=C(O)C(F)(F)F. The van der Waals surface area contributed by atoms with Crippen LogP contribution in [0.1, 0.15) is 13.8 Å². The molecule has 0 unspecified atom stereocenters. The number of hydrogen-bond donors (Lipinski definition) is 2. The molecule has 3 rings (SSSR count). The molecule has 3 N–H and O–H groups in total. The predicted molar refractivity (Wildman–Crippen MR) is 103 cm³/mol. The van der Waals surface area contributed by atoms with Crippen LogP contribution in [0.15, 0.2) is 56.9 Å². The highest BCUT2D eigenvalue weighted by Crippen LogP contribution is 2.35. The van der Waals surface area contributed by atoms with Crippen molar-refractivity contribution < 1.29 is 27.8 Å². The molecule has 29 heavy (non-hydrogen) atoms. The average molecular weight is 473 g/mol. The van der Waals surface area contributed by atoms with E-state index < -0.39 is 17.7 Å². The van der Waals surface area contributed by atoms with Crippen molar-refractivity contribution in [1.29, 1.82) is 5.26 Å². The first-order valence-corrected chi connectivity index (χ1v) is 8.86. The molecule has 2 heterocycles. The summed E-state index contributed by atoms with van der Waals surface area (Å²) >= 11 is 3.49. The summed E-state index contributed by atoms with van der Waals surface area (Å²) in [6, 6.07) is 9.80. The fraction of sp³-hybridized carbons (Fsp3) is 0.278. The number of rotatable bonds is 1. The Morgan fingerprint density at radius 3 is 2.52 bits per heavy atom. The molecular weight excluding hydrogens is 457 g/mol. The smallest absolute Gasteiger partial charge is 0.475 e. The maximum absolute atomic E-state index is 10.6. The molecule has 0 radical (unpaired) electrons. The summed E-state index contributed by atoms with van der Waals surface area (Å²) in [4.78, 5) is 8.90. The van der Waals surface area contributed by atoms with Crippen LogP contribution in [0, 0.1) is 11.3 Å². The van der Waals surface area contributed by atoms with E-state index in [9.17, 15) is 18.4 Å². The minimum Gasteiger partial charge on any atom is -0.475 e. The molecule has 1 aromatic carbocycles. The van der Waals surface area contributed by atoms with Crippen LogP contribution in [0.3, 0.4) is 0 Å². The number of ether oxygens (including phenoxy) is 1. The van der Waals surface area contributed by atoms with Gasteiger partial charge in [0.1, 0.15) is 17.5 Å². The number of halogens is 4. The minimum atomic E-state index is -5.08. The number of carbonyl (C=O) groups is 1. The van der Waals surface area contributed by atoms with E-state index in [2.05, 4.69) is 27.1 Å². The number of benzene rings is 1. The van der Waals surface area contributed by atoms with E-state index in [1.807, 2.05) is 44.2 Å². The van der Waals surface area contributed by atoms with Crippen LogP contribution in [0.5, 0.6) is 0 Å². The minimum absolute atomic E-state index is 0.321. The summed E-state index contributed by atoms with van der Waals surface area (Å²) in [6.45, 7) is 4.24. The van der Waals surface area contributed by atoms with E-state index in [4.69, 9.17) is 20.4 Å². The number of hydrazone groups is 1. The maximum Gasteiger partial charge on any atom is 0.490 e. The highest BCUT2D eigenvalue weighted by molar-refractivity contribution is 9.10. The molecule has 0 bridgehead atoms. The Labute approximate surface area is 172 Å². The van der Waals surface area contributed by atoms with Crippen LogP contribution in [-0.4, -0.2) is 35.2 Å². The van der Waals surface area contributed by atoms with E-state index >= 15 is 0 Å². The summed E-state index contributed by atoms with van der Waals surface area (Å²) in [6.07, 6.45) is -3.18. The maximum atomic E-state index is 10.6. The quantitative estimate of drug-likeness (QED) is 0.644. The van der Waals surface area contributed by atoms with E-state index in [-0.39, 0.29) is 0 Å². The number of carboxylic acid groups (broad SMARTS) is 1. The van der Waals surface area contributed by atoms with Gasteiger partial charge in [-0.25, -0.2) is 9.80 Å². The topological polar surface area (TPSA) is 112 Å². The van der Waals surface area contributed by atoms with Crippen LogP contribution >= 0.6 is 15.9 Å². The zero-order chi connectivity index (χ0) is 22.0. The van der Waals surface area contributed by atoms with Gasteiger partial charge < -0.3 is 15.6 Å². The number of anilines is 1. The molecule has 11 heteroatoms. The third-order valence-corrected chi connectivity index (χ3v) is 4.46. The molecule has 7 nitrogen and oxygen atoms in total. The zero-order valence-corrected chi connectivity index (χ0v) is 16.9. The van der Waals surface area contributed by atoms with Crippen molar-refractivity contribution >= 4 is 33.3 Å². The molecule has 0 aliphatic carbocycles. The van der Waals surface area contributed by atoms with Gasteiger partial charge in [-0.15, -0.1) is 0 Å². The Bertz CT molecular complexity index is 962. The van der Waals surface area contributed by atoms with Gasteiger partial charge in [-0.3, -0.25) is 0 Å². The second kappa shape index (κ2) is 8.26. The number of nitrogens with two attached hydrogens (primary N) is 1. The van der Waals surface area contributed by atoms with E-state index in [0.29, 0.717) is 23.7 Å². The monoisotopic (exact) mass is 472 g/mol. The van der Waals surface area contributed by atoms with Gasteiger partial charge in [-0.2, -0.15) is 23.5 Å². The number of fused-ring (bicyclic) bond motifs is 1. The van der Waals surface area contributed by atoms with Gasteiger partial charge in [0.15, 0.2) is 0 Å². The second-order valence-electron chi connectivity index (χ2n) is 6.44.